The maximum atomic E-state index is 13.6. The second-order valence-electron chi connectivity index (χ2n) is 6.41. The van der Waals surface area contributed by atoms with Gasteiger partial charge in [0.25, 0.3) is 0 Å². The number of aromatic hydroxyl groups is 1. The van der Waals surface area contributed by atoms with Crippen LogP contribution >= 0.6 is 45.7 Å². The number of para-hydroxylation sites is 1. The second kappa shape index (κ2) is 9.75. The van der Waals surface area contributed by atoms with Gasteiger partial charge in [-0.25, -0.2) is 9.37 Å². The van der Waals surface area contributed by atoms with E-state index < -0.39 is 5.82 Å². The van der Waals surface area contributed by atoms with Crippen LogP contribution in [0.2, 0.25) is 0 Å². The summed E-state index contributed by atoms with van der Waals surface area (Å²) in [5.74, 6) is -0.453. The van der Waals surface area contributed by atoms with Crippen LogP contribution in [0.15, 0.2) is 70.0 Å². The largest absolute Gasteiger partial charge is 0.507 e. The molecule has 1 amide bonds. The van der Waals surface area contributed by atoms with Crippen molar-refractivity contribution in [1.82, 2.24) is 4.98 Å². The lowest BCUT2D eigenvalue weighted by Crippen LogP contribution is -2.14. The van der Waals surface area contributed by atoms with Gasteiger partial charge in [0.05, 0.1) is 27.3 Å². The summed E-state index contributed by atoms with van der Waals surface area (Å²) in [6.45, 7) is 0. The van der Waals surface area contributed by atoms with Gasteiger partial charge in [-0.2, -0.15) is 0 Å². The normalized spacial score (nSPS) is 11.3. The first-order valence-electron chi connectivity index (χ1n) is 9.08. The number of nitrogens with zero attached hydrogens (tertiary/aromatic N) is 2. The molecule has 2 N–H and O–H groups in total. The van der Waals surface area contributed by atoms with Crippen LogP contribution < -0.4 is 5.32 Å². The molecule has 156 valence electrons. The maximum absolute atomic E-state index is 13.6. The first-order chi connectivity index (χ1) is 15.0. The number of carbonyl (C=O) groups is 1. The number of amides is 1. The van der Waals surface area contributed by atoms with Gasteiger partial charge in [0.2, 0.25) is 5.91 Å². The van der Waals surface area contributed by atoms with Gasteiger partial charge in [-0.1, -0.05) is 23.9 Å². The quantitative estimate of drug-likeness (QED) is 0.166. The number of hydrogen-bond donors (Lipinski definition) is 2. The molecule has 0 fully saturated rings. The Bertz CT molecular complexity index is 1290. The SMILES string of the molecule is O=C(CSc1nc2ccc(N=Cc3cc(I)ccc3O)cc2s1)Nc1ccccc1F. The van der Waals surface area contributed by atoms with E-state index >= 15 is 0 Å². The number of aromatic nitrogens is 1. The molecule has 4 rings (SSSR count). The van der Waals surface area contributed by atoms with E-state index in [0.29, 0.717) is 5.56 Å². The number of thioether (sulfide) groups is 1. The van der Waals surface area contributed by atoms with E-state index in [-0.39, 0.29) is 23.1 Å². The van der Waals surface area contributed by atoms with Crippen molar-refractivity contribution < 1.29 is 14.3 Å². The topological polar surface area (TPSA) is 74.6 Å². The molecule has 4 aromatic rings. The number of anilines is 1. The van der Waals surface area contributed by atoms with Crippen molar-refractivity contribution in [2.45, 2.75) is 4.34 Å². The molecule has 0 radical (unpaired) electrons. The lowest BCUT2D eigenvalue weighted by atomic mass is 10.2. The summed E-state index contributed by atoms with van der Waals surface area (Å²) < 4.78 is 16.3. The van der Waals surface area contributed by atoms with Crippen LogP contribution in [-0.2, 0) is 4.79 Å². The van der Waals surface area contributed by atoms with Crippen molar-refractivity contribution in [3.63, 3.8) is 0 Å². The predicted molar refractivity (Wildman–Crippen MR) is 133 cm³/mol. The molecule has 5 nitrogen and oxygen atoms in total. The molecule has 9 heteroatoms. The Morgan fingerprint density at radius 1 is 1.23 bits per heavy atom. The fourth-order valence-corrected chi connectivity index (χ4v) is 5.10. The Kier molecular flexibility index (Phi) is 6.83. The molecule has 0 bridgehead atoms. The standard InChI is InChI=1S/C22H15FIN3O2S2/c23-16-3-1-2-4-17(16)26-21(29)12-30-22-27-18-7-6-15(10-20(18)31-22)25-11-13-9-14(24)5-8-19(13)28/h1-11,28H,12H2,(H,26,29). The predicted octanol–water partition coefficient (Wildman–Crippen LogP) is 6.23. The van der Waals surface area contributed by atoms with Gasteiger partial charge in [0, 0.05) is 15.3 Å². The first-order valence-corrected chi connectivity index (χ1v) is 12.0. The second-order valence-corrected chi connectivity index (χ2v) is 9.91. The van der Waals surface area contributed by atoms with Gasteiger partial charge >= 0.3 is 0 Å². The monoisotopic (exact) mass is 563 g/mol. The number of fused-ring (bicyclic) bond motifs is 1. The molecule has 1 heterocycles. The van der Waals surface area contributed by atoms with E-state index in [1.54, 1.807) is 24.4 Å². The van der Waals surface area contributed by atoms with Gasteiger partial charge in [-0.05, 0) is 71.1 Å². The summed E-state index contributed by atoms with van der Waals surface area (Å²) in [6, 6.07) is 17.0. The molecule has 0 saturated heterocycles. The number of aliphatic imine (C=N–C) groups is 1. The van der Waals surface area contributed by atoms with Crippen molar-refractivity contribution in [2.75, 3.05) is 11.1 Å². The third-order valence-electron chi connectivity index (χ3n) is 4.17. The van der Waals surface area contributed by atoms with Crippen molar-refractivity contribution in [2.24, 2.45) is 4.99 Å². The fraction of sp³-hybridized carbons (Fsp3) is 0.0455. The van der Waals surface area contributed by atoms with Crippen LogP contribution in [0.4, 0.5) is 15.8 Å². The third-order valence-corrected chi connectivity index (χ3v) is 7.00. The zero-order valence-corrected chi connectivity index (χ0v) is 19.7. The van der Waals surface area contributed by atoms with Crippen LogP contribution in [0, 0.1) is 9.39 Å². The molecule has 0 aliphatic carbocycles. The Morgan fingerprint density at radius 3 is 2.90 bits per heavy atom. The lowest BCUT2D eigenvalue weighted by Gasteiger charge is -2.04. The number of benzene rings is 3. The number of phenolic OH excluding ortho intramolecular Hbond substituents is 1. The number of carbonyl (C=O) groups excluding carboxylic acids is 1. The van der Waals surface area contributed by atoms with Gasteiger partial charge in [0.15, 0.2) is 4.34 Å². The van der Waals surface area contributed by atoms with E-state index in [0.717, 1.165) is 23.8 Å². The smallest absolute Gasteiger partial charge is 0.234 e. The van der Waals surface area contributed by atoms with E-state index in [4.69, 9.17) is 0 Å². The number of hydrogen-bond acceptors (Lipinski definition) is 6. The Labute approximate surface area is 199 Å². The minimum absolute atomic E-state index is 0.130. The summed E-state index contributed by atoms with van der Waals surface area (Å²) in [6.07, 6.45) is 1.63. The number of thiazole rings is 1. The van der Waals surface area contributed by atoms with Gasteiger partial charge < -0.3 is 10.4 Å². The van der Waals surface area contributed by atoms with E-state index in [1.165, 1.54) is 35.2 Å². The highest BCUT2D eigenvalue weighted by Crippen LogP contribution is 2.32. The summed E-state index contributed by atoms with van der Waals surface area (Å²) in [5, 5.41) is 12.5. The minimum Gasteiger partial charge on any atom is -0.507 e. The Balaban J connectivity index is 1.43. The third kappa shape index (κ3) is 5.60. The number of nitrogens with one attached hydrogen (secondary N) is 1. The lowest BCUT2D eigenvalue weighted by molar-refractivity contribution is -0.113. The van der Waals surface area contributed by atoms with E-state index in [2.05, 4.69) is 37.9 Å². The average molecular weight is 563 g/mol. The molecule has 0 aliphatic rings. The van der Waals surface area contributed by atoms with Crippen LogP contribution in [0.1, 0.15) is 5.56 Å². The first kappa shape index (κ1) is 21.7. The molecule has 0 aliphatic heterocycles. The molecule has 0 atom stereocenters. The highest BCUT2D eigenvalue weighted by molar-refractivity contribution is 14.1. The highest BCUT2D eigenvalue weighted by atomic mass is 127. The number of phenols is 1. The summed E-state index contributed by atoms with van der Waals surface area (Å²) >= 11 is 4.94. The molecule has 0 saturated carbocycles. The van der Waals surface area contributed by atoms with Gasteiger partial charge in [-0.3, -0.25) is 9.79 Å². The minimum atomic E-state index is -0.465. The Hall–Kier alpha value is -2.50. The van der Waals surface area contributed by atoms with Crippen molar-refractivity contribution in [3.8, 4) is 5.75 Å². The Morgan fingerprint density at radius 2 is 2.06 bits per heavy atom. The molecule has 1 aromatic heterocycles. The molecule has 0 unspecified atom stereocenters. The number of rotatable bonds is 6. The van der Waals surface area contributed by atoms with Crippen LogP contribution in [-0.4, -0.2) is 28.0 Å². The van der Waals surface area contributed by atoms with Crippen molar-refractivity contribution in [3.05, 3.63) is 75.6 Å². The maximum Gasteiger partial charge on any atom is 0.234 e. The molecule has 31 heavy (non-hydrogen) atoms. The summed E-state index contributed by atoms with van der Waals surface area (Å²) in [4.78, 5) is 21.1. The van der Waals surface area contributed by atoms with E-state index in [9.17, 15) is 14.3 Å². The number of halogens is 2. The summed E-state index contributed by atoms with van der Waals surface area (Å²) in [7, 11) is 0. The van der Waals surface area contributed by atoms with Crippen molar-refractivity contribution in [1.29, 1.82) is 0 Å². The summed E-state index contributed by atoms with van der Waals surface area (Å²) in [5.41, 5.74) is 2.37. The van der Waals surface area contributed by atoms with Gasteiger partial charge in [0.1, 0.15) is 11.6 Å². The van der Waals surface area contributed by atoms with Crippen LogP contribution in [0.3, 0.4) is 0 Å². The van der Waals surface area contributed by atoms with E-state index in [1.807, 2.05) is 30.3 Å². The zero-order valence-electron chi connectivity index (χ0n) is 15.9. The fourth-order valence-electron chi connectivity index (χ4n) is 2.68. The molecule has 0 spiro atoms. The van der Waals surface area contributed by atoms with Crippen LogP contribution in [0.5, 0.6) is 5.75 Å². The molecular weight excluding hydrogens is 548 g/mol. The average Bonchev–Trinajstić information content (AvgIpc) is 3.17. The van der Waals surface area contributed by atoms with Crippen molar-refractivity contribution >= 4 is 79.4 Å². The molecular formula is C22H15FIN3O2S2. The molecule has 3 aromatic carbocycles. The highest BCUT2D eigenvalue weighted by Gasteiger charge is 2.10. The van der Waals surface area contributed by atoms with Gasteiger partial charge in [-0.15, -0.1) is 11.3 Å². The zero-order chi connectivity index (χ0) is 21.8. The van der Waals surface area contributed by atoms with Crippen LogP contribution in [0.25, 0.3) is 10.2 Å².